The lowest BCUT2D eigenvalue weighted by atomic mass is 9.88. The maximum absolute atomic E-state index is 12.7. The van der Waals surface area contributed by atoms with Gasteiger partial charge in [-0.25, -0.2) is 14.4 Å². The molecule has 0 saturated carbocycles. The van der Waals surface area contributed by atoms with Crippen molar-refractivity contribution in [3.05, 3.63) is 95.1 Å². The predicted octanol–water partition coefficient (Wildman–Crippen LogP) is 6.34. The van der Waals surface area contributed by atoms with Crippen LogP contribution in [-0.2, 0) is 20.7 Å². The highest BCUT2D eigenvalue weighted by atomic mass is 16.6. The Morgan fingerprint density at radius 2 is 1.48 bits per heavy atom. The third-order valence-corrected chi connectivity index (χ3v) is 7.97. The molecule has 0 spiro atoms. The van der Waals surface area contributed by atoms with Crippen molar-refractivity contribution in [1.29, 1.82) is 0 Å². The summed E-state index contributed by atoms with van der Waals surface area (Å²) in [5.74, 6) is -0.913. The van der Waals surface area contributed by atoms with Gasteiger partial charge in [-0.05, 0) is 72.9 Å². The Hall–Kier alpha value is -4.33. The molecule has 8 heteroatoms. The standard InChI is InChI=1S/C34H38N2O6/c1-34(2,3)42-33(40)36-18-16-24(17-19-36)23-14-12-22(13-15-23)20-30(31(37)38)35-32(39)41-21-29-27-10-6-4-8-25(27)26-9-5-7-11-28(26)29/h4-15,24,29-30H,16-21H2,1-3H3,(H,35,39)(H,37,38)/t30-/m0/s1. The summed E-state index contributed by atoms with van der Waals surface area (Å²) in [4.78, 5) is 38.8. The second-order valence-corrected chi connectivity index (χ2v) is 12.0. The fourth-order valence-corrected chi connectivity index (χ4v) is 5.87. The fourth-order valence-electron chi connectivity index (χ4n) is 5.87. The largest absolute Gasteiger partial charge is 0.480 e. The molecule has 0 radical (unpaired) electrons. The molecule has 0 unspecified atom stereocenters. The van der Waals surface area contributed by atoms with E-state index in [0.717, 1.165) is 46.2 Å². The molecule has 5 rings (SSSR count). The van der Waals surface area contributed by atoms with Gasteiger partial charge in [0, 0.05) is 25.4 Å². The summed E-state index contributed by atoms with van der Waals surface area (Å²) in [5, 5.41) is 12.3. The van der Waals surface area contributed by atoms with Gasteiger partial charge in [-0.3, -0.25) is 0 Å². The smallest absolute Gasteiger partial charge is 0.410 e. The second-order valence-electron chi connectivity index (χ2n) is 12.0. The number of likely N-dealkylation sites (tertiary alicyclic amines) is 1. The number of nitrogens with zero attached hydrogens (tertiary/aromatic N) is 1. The van der Waals surface area contributed by atoms with Crippen molar-refractivity contribution in [2.75, 3.05) is 19.7 Å². The highest BCUT2D eigenvalue weighted by molar-refractivity contribution is 5.81. The Morgan fingerprint density at radius 1 is 0.905 bits per heavy atom. The third kappa shape index (κ3) is 6.75. The SMILES string of the molecule is CC(C)(C)OC(=O)N1CCC(c2ccc(C[C@H](NC(=O)OCC3c4ccccc4-c4ccccc43)C(=O)O)cc2)CC1. The molecule has 220 valence electrons. The zero-order valence-corrected chi connectivity index (χ0v) is 24.3. The maximum Gasteiger partial charge on any atom is 0.410 e. The van der Waals surface area contributed by atoms with Crippen LogP contribution in [0.5, 0.6) is 0 Å². The van der Waals surface area contributed by atoms with Gasteiger partial charge < -0.3 is 24.8 Å². The average molecular weight is 571 g/mol. The number of amides is 2. The third-order valence-electron chi connectivity index (χ3n) is 7.97. The first-order chi connectivity index (χ1) is 20.1. The molecule has 2 amide bonds. The first-order valence-electron chi connectivity index (χ1n) is 14.5. The zero-order chi connectivity index (χ0) is 29.9. The van der Waals surface area contributed by atoms with Crippen molar-refractivity contribution in [2.24, 2.45) is 0 Å². The quantitative estimate of drug-likeness (QED) is 0.344. The molecule has 1 aliphatic heterocycles. The van der Waals surface area contributed by atoms with Gasteiger partial charge in [0.05, 0.1) is 0 Å². The van der Waals surface area contributed by atoms with Crippen LogP contribution in [0.15, 0.2) is 72.8 Å². The van der Waals surface area contributed by atoms with Crippen molar-refractivity contribution >= 4 is 18.2 Å². The molecule has 3 aromatic rings. The van der Waals surface area contributed by atoms with Gasteiger partial charge >= 0.3 is 18.2 Å². The molecule has 2 N–H and O–H groups in total. The topological polar surface area (TPSA) is 105 Å². The number of nitrogens with one attached hydrogen (secondary N) is 1. The number of rotatable bonds is 7. The molecular formula is C34H38N2O6. The highest BCUT2D eigenvalue weighted by Gasteiger charge is 2.30. The molecule has 1 heterocycles. The van der Waals surface area contributed by atoms with Gasteiger partial charge in [-0.2, -0.15) is 0 Å². The number of carboxylic acids is 1. The Bertz CT molecular complexity index is 1390. The van der Waals surface area contributed by atoms with Crippen molar-refractivity contribution in [1.82, 2.24) is 10.2 Å². The van der Waals surface area contributed by atoms with E-state index in [1.807, 2.05) is 81.4 Å². The van der Waals surface area contributed by atoms with E-state index in [0.29, 0.717) is 19.0 Å². The number of hydrogen-bond donors (Lipinski definition) is 2. The number of ether oxygens (including phenoxy) is 2. The molecular weight excluding hydrogens is 532 g/mol. The van der Waals surface area contributed by atoms with Crippen molar-refractivity contribution in [3.8, 4) is 11.1 Å². The monoisotopic (exact) mass is 570 g/mol. The number of fused-ring (bicyclic) bond motifs is 3. The van der Waals surface area contributed by atoms with Crippen LogP contribution in [0.4, 0.5) is 9.59 Å². The van der Waals surface area contributed by atoms with Gasteiger partial charge in [0.2, 0.25) is 0 Å². The summed E-state index contributed by atoms with van der Waals surface area (Å²) in [6, 6.07) is 22.8. The van der Waals surface area contributed by atoms with Crippen LogP contribution in [0.2, 0.25) is 0 Å². The van der Waals surface area contributed by atoms with Crippen LogP contribution in [0.3, 0.4) is 0 Å². The Labute approximate surface area is 246 Å². The molecule has 8 nitrogen and oxygen atoms in total. The van der Waals surface area contributed by atoms with Crippen LogP contribution in [-0.4, -0.2) is 59.5 Å². The fraction of sp³-hybridized carbons (Fsp3) is 0.382. The summed E-state index contributed by atoms with van der Waals surface area (Å²) in [6.07, 6.45) is 0.772. The van der Waals surface area contributed by atoms with E-state index >= 15 is 0 Å². The number of carbonyl (C=O) groups is 3. The van der Waals surface area contributed by atoms with Crippen LogP contribution in [0.25, 0.3) is 11.1 Å². The van der Waals surface area contributed by atoms with E-state index in [9.17, 15) is 19.5 Å². The minimum Gasteiger partial charge on any atom is -0.480 e. The van der Waals surface area contributed by atoms with Gasteiger partial charge in [0.25, 0.3) is 0 Å². The van der Waals surface area contributed by atoms with Gasteiger partial charge in [-0.1, -0.05) is 72.8 Å². The Morgan fingerprint density at radius 3 is 2.02 bits per heavy atom. The van der Waals surface area contributed by atoms with Gasteiger partial charge in [0.15, 0.2) is 0 Å². The number of carbonyl (C=O) groups excluding carboxylic acids is 2. The molecule has 2 aliphatic rings. The normalized spacial score (nSPS) is 15.8. The second kappa shape index (κ2) is 12.3. The number of aliphatic carboxylic acids is 1. The number of alkyl carbamates (subject to hydrolysis) is 1. The first kappa shape index (κ1) is 29.2. The van der Waals surface area contributed by atoms with Gasteiger partial charge in [0.1, 0.15) is 18.2 Å². The first-order valence-corrected chi connectivity index (χ1v) is 14.5. The molecule has 1 atom stereocenters. The van der Waals surface area contributed by atoms with Gasteiger partial charge in [-0.15, -0.1) is 0 Å². The van der Waals surface area contributed by atoms with E-state index in [2.05, 4.69) is 17.4 Å². The lowest BCUT2D eigenvalue weighted by molar-refractivity contribution is -0.139. The molecule has 1 saturated heterocycles. The van der Waals surface area contributed by atoms with E-state index in [1.54, 1.807) is 4.90 Å². The summed E-state index contributed by atoms with van der Waals surface area (Å²) in [7, 11) is 0. The molecule has 1 fully saturated rings. The summed E-state index contributed by atoms with van der Waals surface area (Å²) >= 11 is 0. The zero-order valence-electron chi connectivity index (χ0n) is 24.3. The van der Waals surface area contributed by atoms with Crippen LogP contribution in [0.1, 0.15) is 67.7 Å². The Balaban J connectivity index is 1.14. The molecule has 0 aromatic heterocycles. The van der Waals surface area contributed by atoms with E-state index in [-0.39, 0.29) is 25.0 Å². The molecule has 42 heavy (non-hydrogen) atoms. The minimum absolute atomic E-state index is 0.102. The predicted molar refractivity (Wildman–Crippen MR) is 160 cm³/mol. The summed E-state index contributed by atoms with van der Waals surface area (Å²) < 4.78 is 11.0. The van der Waals surface area contributed by atoms with Crippen LogP contribution < -0.4 is 5.32 Å². The van der Waals surface area contributed by atoms with E-state index in [1.165, 1.54) is 0 Å². The lowest BCUT2D eigenvalue weighted by Gasteiger charge is -2.33. The van der Waals surface area contributed by atoms with Crippen molar-refractivity contribution in [3.63, 3.8) is 0 Å². The average Bonchev–Trinajstić information content (AvgIpc) is 3.29. The minimum atomic E-state index is -1.12. The number of piperidine rings is 1. The lowest BCUT2D eigenvalue weighted by Crippen LogP contribution is -2.43. The maximum atomic E-state index is 12.7. The summed E-state index contributed by atoms with van der Waals surface area (Å²) in [5.41, 5.74) is 5.88. The molecule has 0 bridgehead atoms. The number of hydrogen-bond acceptors (Lipinski definition) is 5. The van der Waals surface area contributed by atoms with Crippen LogP contribution >= 0.6 is 0 Å². The van der Waals surface area contributed by atoms with E-state index in [4.69, 9.17) is 9.47 Å². The van der Waals surface area contributed by atoms with Crippen molar-refractivity contribution < 1.29 is 29.0 Å². The molecule has 3 aromatic carbocycles. The number of benzene rings is 3. The van der Waals surface area contributed by atoms with E-state index < -0.39 is 23.7 Å². The van der Waals surface area contributed by atoms with Crippen LogP contribution in [0, 0.1) is 0 Å². The highest BCUT2D eigenvalue weighted by Crippen LogP contribution is 2.44. The summed E-state index contributed by atoms with van der Waals surface area (Å²) in [6.45, 7) is 6.97. The number of carboxylic acid groups (broad SMARTS) is 1. The van der Waals surface area contributed by atoms with Crippen molar-refractivity contribution in [2.45, 2.75) is 63.5 Å². The molecule has 1 aliphatic carbocycles. The Kier molecular flexibility index (Phi) is 8.52.